The third-order valence-electron chi connectivity index (χ3n) is 5.84. The highest BCUT2D eigenvalue weighted by Crippen LogP contribution is 2.29. The summed E-state index contributed by atoms with van der Waals surface area (Å²) in [7, 11) is 0. The predicted molar refractivity (Wildman–Crippen MR) is 136 cm³/mol. The van der Waals surface area contributed by atoms with Crippen LogP contribution in [0, 0.1) is 0 Å². The molecule has 1 saturated heterocycles. The summed E-state index contributed by atoms with van der Waals surface area (Å²) in [5.41, 5.74) is 2.51. The standard InChI is InChI=1S/C24H18Br2ClN5O2/c25-16-3-7-20(28-11-16)24(34)31-10-9-30(14-22(31)15-1-5-18(27)6-2-15)23(33)19-12-29-32-13-17(26)4-8-21(19)32/h1-8,11-13,22H,9-10,14H2/t22-/m1/s1. The summed E-state index contributed by atoms with van der Waals surface area (Å²) in [6.07, 6.45) is 5.00. The van der Waals surface area contributed by atoms with Crippen molar-refractivity contribution in [1.29, 1.82) is 0 Å². The fraction of sp³-hybridized carbons (Fsp3) is 0.167. The van der Waals surface area contributed by atoms with E-state index in [0.717, 1.165) is 20.0 Å². The van der Waals surface area contributed by atoms with Gasteiger partial charge in [-0.15, -0.1) is 0 Å². The first-order valence-corrected chi connectivity index (χ1v) is 12.5. The fourth-order valence-corrected chi connectivity index (χ4v) is 4.81. The van der Waals surface area contributed by atoms with Gasteiger partial charge in [0.25, 0.3) is 11.8 Å². The van der Waals surface area contributed by atoms with Crippen LogP contribution in [0.5, 0.6) is 0 Å². The number of carbonyl (C=O) groups is 2. The van der Waals surface area contributed by atoms with E-state index in [2.05, 4.69) is 41.9 Å². The van der Waals surface area contributed by atoms with Crippen molar-refractivity contribution in [2.75, 3.05) is 19.6 Å². The lowest BCUT2D eigenvalue weighted by molar-refractivity contribution is 0.0380. The summed E-state index contributed by atoms with van der Waals surface area (Å²) >= 11 is 12.9. The highest BCUT2D eigenvalue weighted by molar-refractivity contribution is 9.10. The van der Waals surface area contributed by atoms with Crippen molar-refractivity contribution in [2.45, 2.75) is 6.04 Å². The first-order valence-electron chi connectivity index (χ1n) is 10.5. The van der Waals surface area contributed by atoms with Gasteiger partial charge in [0.2, 0.25) is 0 Å². The van der Waals surface area contributed by atoms with E-state index in [1.54, 1.807) is 51.0 Å². The van der Waals surface area contributed by atoms with Gasteiger partial charge in [-0.05, 0) is 73.8 Å². The summed E-state index contributed by atoms with van der Waals surface area (Å²) in [5.74, 6) is -0.300. The molecule has 4 aromatic rings. The molecule has 2 amide bonds. The van der Waals surface area contributed by atoms with Gasteiger partial charge in [0, 0.05) is 46.0 Å². The molecule has 1 aliphatic rings. The normalized spacial score (nSPS) is 16.1. The predicted octanol–water partition coefficient (Wildman–Crippen LogP) is 5.25. The number of halogens is 3. The zero-order chi connectivity index (χ0) is 23.8. The third kappa shape index (κ3) is 4.47. The Kier molecular flexibility index (Phi) is 6.42. The topological polar surface area (TPSA) is 70.8 Å². The number of pyridine rings is 2. The minimum atomic E-state index is -0.344. The van der Waals surface area contributed by atoms with Gasteiger partial charge in [-0.25, -0.2) is 9.50 Å². The van der Waals surface area contributed by atoms with Crippen LogP contribution in [-0.4, -0.2) is 55.8 Å². The van der Waals surface area contributed by atoms with Crippen LogP contribution in [-0.2, 0) is 0 Å². The molecule has 1 aromatic carbocycles. The van der Waals surface area contributed by atoms with Gasteiger partial charge in [-0.3, -0.25) is 9.59 Å². The molecule has 0 spiro atoms. The van der Waals surface area contributed by atoms with Crippen molar-refractivity contribution >= 4 is 60.8 Å². The number of rotatable bonds is 3. The van der Waals surface area contributed by atoms with Gasteiger partial charge >= 0.3 is 0 Å². The van der Waals surface area contributed by atoms with Gasteiger partial charge in [0.15, 0.2) is 0 Å². The SMILES string of the molecule is O=C(c1cnn2cc(Br)ccc12)N1CCN(C(=O)c2ccc(Br)cn2)[C@@H](c2ccc(Cl)cc2)C1. The van der Waals surface area contributed by atoms with E-state index in [0.29, 0.717) is 35.9 Å². The van der Waals surface area contributed by atoms with E-state index in [4.69, 9.17) is 11.6 Å². The molecule has 172 valence electrons. The Labute approximate surface area is 217 Å². The van der Waals surface area contributed by atoms with Gasteiger partial charge < -0.3 is 9.80 Å². The van der Waals surface area contributed by atoms with Crippen molar-refractivity contribution in [2.24, 2.45) is 0 Å². The van der Waals surface area contributed by atoms with E-state index in [9.17, 15) is 9.59 Å². The van der Waals surface area contributed by atoms with Crippen molar-refractivity contribution in [1.82, 2.24) is 24.4 Å². The van der Waals surface area contributed by atoms with Gasteiger partial charge in [-0.2, -0.15) is 5.10 Å². The number of fused-ring (bicyclic) bond motifs is 1. The molecule has 0 bridgehead atoms. The molecule has 3 aromatic heterocycles. The number of amides is 2. The largest absolute Gasteiger partial charge is 0.334 e. The number of hydrogen-bond donors (Lipinski definition) is 0. The minimum absolute atomic E-state index is 0.120. The lowest BCUT2D eigenvalue weighted by Crippen LogP contribution is -2.52. The second-order valence-corrected chi connectivity index (χ2v) is 10.2. The molecule has 1 fully saturated rings. The van der Waals surface area contributed by atoms with Crippen LogP contribution in [0.3, 0.4) is 0 Å². The summed E-state index contributed by atoms with van der Waals surface area (Å²) in [6, 6.07) is 14.3. The highest BCUT2D eigenvalue weighted by Gasteiger charge is 2.35. The van der Waals surface area contributed by atoms with Gasteiger partial charge in [-0.1, -0.05) is 23.7 Å². The number of aromatic nitrogens is 3. The smallest absolute Gasteiger partial charge is 0.273 e. The molecule has 1 atom stereocenters. The Morgan fingerprint density at radius 1 is 0.912 bits per heavy atom. The van der Waals surface area contributed by atoms with Crippen LogP contribution in [0.25, 0.3) is 5.52 Å². The summed E-state index contributed by atoms with van der Waals surface area (Å²) < 4.78 is 3.35. The van der Waals surface area contributed by atoms with Crippen molar-refractivity contribution < 1.29 is 9.59 Å². The highest BCUT2D eigenvalue weighted by atomic mass is 79.9. The molecular weight excluding hydrogens is 586 g/mol. The molecule has 5 rings (SSSR count). The van der Waals surface area contributed by atoms with E-state index in [-0.39, 0.29) is 17.9 Å². The van der Waals surface area contributed by atoms with Crippen molar-refractivity contribution in [3.63, 3.8) is 0 Å². The quantitative estimate of drug-likeness (QED) is 0.321. The van der Waals surface area contributed by atoms with E-state index >= 15 is 0 Å². The molecule has 34 heavy (non-hydrogen) atoms. The first kappa shape index (κ1) is 23.0. The third-order valence-corrected chi connectivity index (χ3v) is 7.03. The maximum atomic E-state index is 13.5. The Hall–Kier alpha value is -2.75. The second kappa shape index (κ2) is 9.48. The summed E-state index contributed by atoms with van der Waals surface area (Å²) in [6.45, 7) is 1.12. The van der Waals surface area contributed by atoms with Crippen LogP contribution in [0.1, 0.15) is 32.5 Å². The number of piperazine rings is 1. The van der Waals surface area contributed by atoms with E-state index < -0.39 is 0 Å². The van der Waals surface area contributed by atoms with Crippen LogP contribution < -0.4 is 0 Å². The van der Waals surface area contributed by atoms with Crippen molar-refractivity contribution in [3.05, 3.63) is 97.9 Å². The van der Waals surface area contributed by atoms with Crippen LogP contribution >= 0.6 is 43.5 Å². The molecule has 0 aliphatic carbocycles. The lowest BCUT2D eigenvalue weighted by Gasteiger charge is -2.41. The Balaban J connectivity index is 1.46. The summed E-state index contributed by atoms with van der Waals surface area (Å²) in [4.78, 5) is 34.7. The van der Waals surface area contributed by atoms with Crippen LogP contribution in [0.15, 0.2) is 76.1 Å². The maximum absolute atomic E-state index is 13.5. The van der Waals surface area contributed by atoms with E-state index in [1.807, 2.05) is 30.5 Å². The molecular formula is C24H18Br2ClN5O2. The maximum Gasteiger partial charge on any atom is 0.273 e. The molecule has 10 heteroatoms. The van der Waals surface area contributed by atoms with Gasteiger partial charge in [0.1, 0.15) is 5.69 Å². The molecule has 0 unspecified atom stereocenters. The second-order valence-electron chi connectivity index (χ2n) is 7.91. The van der Waals surface area contributed by atoms with E-state index in [1.165, 1.54) is 0 Å². The van der Waals surface area contributed by atoms with Crippen LogP contribution in [0.4, 0.5) is 0 Å². The van der Waals surface area contributed by atoms with Crippen molar-refractivity contribution in [3.8, 4) is 0 Å². The van der Waals surface area contributed by atoms with Crippen LogP contribution in [0.2, 0.25) is 5.02 Å². The molecule has 1 aliphatic heterocycles. The molecule has 0 radical (unpaired) electrons. The molecule has 0 saturated carbocycles. The molecule has 0 N–H and O–H groups in total. The number of nitrogens with zero attached hydrogens (tertiary/aromatic N) is 5. The Bertz CT molecular complexity index is 1370. The van der Waals surface area contributed by atoms with Gasteiger partial charge in [0.05, 0.1) is 23.3 Å². The summed E-state index contributed by atoms with van der Waals surface area (Å²) in [5, 5.41) is 4.93. The number of benzene rings is 1. The zero-order valence-electron chi connectivity index (χ0n) is 17.7. The number of hydrogen-bond acceptors (Lipinski definition) is 4. The Morgan fingerprint density at radius 2 is 1.68 bits per heavy atom. The average molecular weight is 604 g/mol. The fourth-order valence-electron chi connectivity index (χ4n) is 4.12. The minimum Gasteiger partial charge on any atom is -0.334 e. The molecule has 7 nitrogen and oxygen atoms in total. The Morgan fingerprint density at radius 3 is 2.41 bits per heavy atom. The molecule has 4 heterocycles. The number of carbonyl (C=O) groups excluding carboxylic acids is 2. The first-order chi connectivity index (χ1) is 16.4. The average Bonchev–Trinajstić information content (AvgIpc) is 3.27. The zero-order valence-corrected chi connectivity index (χ0v) is 21.7. The lowest BCUT2D eigenvalue weighted by atomic mass is 10.0. The monoisotopic (exact) mass is 601 g/mol.